The van der Waals surface area contributed by atoms with Gasteiger partial charge >= 0.3 is 5.97 Å². The predicted molar refractivity (Wildman–Crippen MR) is 113 cm³/mol. The standard InChI is InChI=1S/C23H24FN5O2/c24-14-7-15-16(10-26-21(15)25-9-14)22-27-17(11-1-2-11)8-18(29-22)28-20-13-5-3-12(4-6-13)19(20)23(30)31/h7-13,19-20H,1-6H2,(H,25,26)(H,30,31)(H,27,28,29). The van der Waals surface area contributed by atoms with E-state index in [4.69, 9.17) is 9.97 Å². The average Bonchev–Trinajstić information content (AvgIpc) is 3.54. The van der Waals surface area contributed by atoms with Gasteiger partial charge in [0.15, 0.2) is 5.82 Å². The number of rotatable bonds is 5. The van der Waals surface area contributed by atoms with Crippen LogP contribution in [0.2, 0.25) is 0 Å². The summed E-state index contributed by atoms with van der Waals surface area (Å²) in [5.41, 5.74) is 2.24. The molecule has 7 rings (SSSR count). The Hall–Kier alpha value is -3.03. The summed E-state index contributed by atoms with van der Waals surface area (Å²) in [6.07, 6.45) is 9.24. The number of nitrogens with zero attached hydrogens (tertiary/aromatic N) is 3. The van der Waals surface area contributed by atoms with Crippen LogP contribution in [0.15, 0.2) is 24.5 Å². The minimum atomic E-state index is -0.721. The van der Waals surface area contributed by atoms with Crippen LogP contribution in [0.25, 0.3) is 22.4 Å². The lowest BCUT2D eigenvalue weighted by molar-refractivity contribution is -0.148. The normalized spacial score (nSPS) is 27.5. The molecular weight excluding hydrogens is 397 g/mol. The Morgan fingerprint density at radius 2 is 1.87 bits per heavy atom. The Kier molecular flexibility index (Phi) is 4.23. The van der Waals surface area contributed by atoms with E-state index in [1.165, 1.54) is 12.3 Å². The highest BCUT2D eigenvalue weighted by atomic mass is 19.1. The van der Waals surface area contributed by atoms with Gasteiger partial charge in [-0.25, -0.2) is 19.3 Å². The molecule has 4 aliphatic carbocycles. The number of halogens is 1. The molecule has 160 valence electrons. The van der Waals surface area contributed by atoms with Gasteiger partial charge in [-0.3, -0.25) is 4.79 Å². The summed E-state index contributed by atoms with van der Waals surface area (Å²) in [7, 11) is 0. The zero-order valence-electron chi connectivity index (χ0n) is 17.0. The maximum atomic E-state index is 13.8. The van der Waals surface area contributed by atoms with E-state index in [1.54, 1.807) is 6.20 Å². The quantitative estimate of drug-likeness (QED) is 0.566. The third kappa shape index (κ3) is 3.25. The first kappa shape index (κ1) is 18.7. The van der Waals surface area contributed by atoms with Gasteiger partial charge in [-0.1, -0.05) is 0 Å². The fourth-order valence-electron chi connectivity index (χ4n) is 5.59. The molecule has 0 aromatic carbocycles. The molecule has 3 N–H and O–H groups in total. The lowest BCUT2D eigenvalue weighted by Gasteiger charge is -2.47. The fraction of sp³-hybridized carbons (Fsp3) is 0.478. The van der Waals surface area contributed by atoms with Crippen LogP contribution in [0.5, 0.6) is 0 Å². The summed E-state index contributed by atoms with van der Waals surface area (Å²) < 4.78 is 13.8. The number of hydrogen-bond acceptors (Lipinski definition) is 5. The first-order valence-corrected chi connectivity index (χ1v) is 11.1. The molecule has 7 nitrogen and oxygen atoms in total. The Morgan fingerprint density at radius 1 is 1.10 bits per heavy atom. The largest absolute Gasteiger partial charge is 0.481 e. The van der Waals surface area contributed by atoms with Gasteiger partial charge in [-0.05, 0) is 56.4 Å². The Labute approximate surface area is 178 Å². The van der Waals surface area contributed by atoms with E-state index < -0.39 is 11.8 Å². The smallest absolute Gasteiger partial charge is 0.308 e. The zero-order chi connectivity index (χ0) is 21.1. The van der Waals surface area contributed by atoms with Crippen LogP contribution in [-0.2, 0) is 4.79 Å². The number of hydrogen-bond donors (Lipinski definition) is 3. The highest BCUT2D eigenvalue weighted by Crippen LogP contribution is 2.47. The van der Waals surface area contributed by atoms with E-state index in [9.17, 15) is 14.3 Å². The number of aliphatic carboxylic acids is 1. The monoisotopic (exact) mass is 421 g/mol. The fourth-order valence-corrected chi connectivity index (χ4v) is 5.59. The van der Waals surface area contributed by atoms with E-state index in [1.807, 2.05) is 6.07 Å². The van der Waals surface area contributed by atoms with E-state index >= 15 is 0 Å². The van der Waals surface area contributed by atoms with Crippen molar-refractivity contribution < 1.29 is 14.3 Å². The number of aromatic nitrogens is 4. The van der Waals surface area contributed by atoms with Gasteiger partial charge in [0, 0.05) is 40.9 Å². The van der Waals surface area contributed by atoms with Crippen molar-refractivity contribution in [2.45, 2.75) is 50.5 Å². The number of carbonyl (C=O) groups is 1. The van der Waals surface area contributed by atoms with E-state index in [-0.39, 0.29) is 17.9 Å². The molecule has 3 aromatic heterocycles. The van der Waals surface area contributed by atoms with Crippen LogP contribution >= 0.6 is 0 Å². The highest BCUT2D eigenvalue weighted by molar-refractivity contribution is 5.91. The number of pyridine rings is 1. The molecule has 0 spiro atoms. The van der Waals surface area contributed by atoms with Gasteiger partial charge in [0.05, 0.1) is 12.1 Å². The number of H-pyrrole nitrogens is 1. The van der Waals surface area contributed by atoms with Crippen molar-refractivity contribution in [1.82, 2.24) is 19.9 Å². The summed E-state index contributed by atoms with van der Waals surface area (Å²) in [6.45, 7) is 0. The third-order valence-electron chi connectivity index (χ3n) is 7.30. The van der Waals surface area contributed by atoms with Crippen molar-refractivity contribution in [3.63, 3.8) is 0 Å². The third-order valence-corrected chi connectivity index (χ3v) is 7.30. The summed E-state index contributed by atoms with van der Waals surface area (Å²) in [6, 6.07) is 3.28. The van der Waals surface area contributed by atoms with Crippen molar-refractivity contribution >= 4 is 22.8 Å². The van der Waals surface area contributed by atoms with Gasteiger partial charge in [0.25, 0.3) is 0 Å². The maximum Gasteiger partial charge on any atom is 0.308 e. The SMILES string of the molecule is O=C(O)C1C2CCC(CC2)C1Nc1cc(C2CC2)nc(-c2c[nH]c3ncc(F)cc23)n1. The van der Waals surface area contributed by atoms with Crippen LogP contribution in [-0.4, -0.2) is 37.1 Å². The molecule has 0 aliphatic heterocycles. The molecule has 4 saturated carbocycles. The second-order valence-corrected chi connectivity index (χ2v) is 9.24. The lowest BCUT2D eigenvalue weighted by atomic mass is 9.61. The molecule has 4 fully saturated rings. The molecule has 0 saturated heterocycles. The molecular formula is C23H24FN5O2. The zero-order valence-corrected chi connectivity index (χ0v) is 17.0. The van der Waals surface area contributed by atoms with Crippen LogP contribution in [0.3, 0.4) is 0 Å². The summed E-state index contributed by atoms with van der Waals surface area (Å²) in [4.78, 5) is 28.7. The minimum Gasteiger partial charge on any atom is -0.481 e. The van der Waals surface area contributed by atoms with E-state index in [0.717, 1.165) is 44.2 Å². The van der Waals surface area contributed by atoms with Crippen molar-refractivity contribution in [3.8, 4) is 11.4 Å². The second-order valence-electron chi connectivity index (χ2n) is 9.24. The molecule has 0 amide bonds. The van der Waals surface area contributed by atoms with Crippen LogP contribution in [0, 0.1) is 23.6 Å². The average molecular weight is 421 g/mol. The van der Waals surface area contributed by atoms with Crippen molar-refractivity contribution in [2.75, 3.05) is 5.32 Å². The number of carboxylic acid groups (broad SMARTS) is 1. The molecule has 4 aliphatic rings. The van der Waals surface area contributed by atoms with Crippen LogP contribution in [0.1, 0.15) is 50.1 Å². The molecule has 8 heteroatoms. The van der Waals surface area contributed by atoms with Gasteiger partial charge < -0.3 is 15.4 Å². The van der Waals surface area contributed by atoms with Gasteiger partial charge in [0.1, 0.15) is 17.3 Å². The minimum absolute atomic E-state index is 0.123. The van der Waals surface area contributed by atoms with Crippen molar-refractivity contribution in [1.29, 1.82) is 0 Å². The Balaban J connectivity index is 1.40. The first-order valence-electron chi connectivity index (χ1n) is 11.1. The summed E-state index contributed by atoms with van der Waals surface area (Å²) >= 11 is 0. The molecule has 2 unspecified atom stereocenters. The molecule has 3 aromatic rings. The number of aromatic amines is 1. The number of nitrogens with one attached hydrogen (secondary N) is 2. The van der Waals surface area contributed by atoms with Crippen molar-refractivity contribution in [2.24, 2.45) is 17.8 Å². The molecule has 2 atom stereocenters. The van der Waals surface area contributed by atoms with E-state index in [2.05, 4.69) is 15.3 Å². The molecule has 2 bridgehead atoms. The number of anilines is 1. The molecule has 31 heavy (non-hydrogen) atoms. The molecule has 3 heterocycles. The molecule has 0 radical (unpaired) electrons. The second kappa shape index (κ2) is 7.00. The first-order chi connectivity index (χ1) is 15.1. The van der Waals surface area contributed by atoms with Gasteiger partial charge in [-0.15, -0.1) is 0 Å². The predicted octanol–water partition coefficient (Wildman–Crippen LogP) is 4.34. The van der Waals surface area contributed by atoms with Gasteiger partial charge in [-0.2, -0.15) is 0 Å². The highest BCUT2D eigenvalue weighted by Gasteiger charge is 2.47. The summed E-state index contributed by atoms with van der Waals surface area (Å²) in [5, 5.41) is 14.0. The Morgan fingerprint density at radius 3 is 2.61 bits per heavy atom. The van der Waals surface area contributed by atoms with Crippen LogP contribution in [0.4, 0.5) is 10.2 Å². The maximum absolute atomic E-state index is 13.8. The van der Waals surface area contributed by atoms with E-state index in [0.29, 0.717) is 40.1 Å². The van der Waals surface area contributed by atoms with Gasteiger partial charge in [0.2, 0.25) is 0 Å². The summed E-state index contributed by atoms with van der Waals surface area (Å²) in [5.74, 6) is 0.636. The topological polar surface area (TPSA) is 104 Å². The van der Waals surface area contributed by atoms with Crippen molar-refractivity contribution in [3.05, 3.63) is 36.0 Å². The number of carboxylic acids is 1. The number of fused-ring (bicyclic) bond motifs is 4. The lowest BCUT2D eigenvalue weighted by Crippen LogP contribution is -2.51. The van der Waals surface area contributed by atoms with Crippen LogP contribution < -0.4 is 5.32 Å². The Bertz CT molecular complexity index is 1170.